The lowest BCUT2D eigenvalue weighted by Gasteiger charge is -1.52. The Balaban J connectivity index is 2.64. The highest BCUT2D eigenvalue weighted by molar-refractivity contribution is 7.95. The van der Waals surface area contributed by atoms with Crippen molar-refractivity contribution in [2.24, 2.45) is 0 Å². The molecule has 0 unspecified atom stereocenters. The molecule has 0 bridgehead atoms. The van der Waals surface area contributed by atoms with Crippen LogP contribution >= 0.6 is 7.51 Å². The molecule has 0 amide bonds. The second kappa shape index (κ2) is 0.954. The first kappa shape index (κ1) is 3.12. The van der Waals surface area contributed by atoms with E-state index < -0.39 is 0 Å². The van der Waals surface area contributed by atoms with Gasteiger partial charge in [-0.1, -0.05) is 0 Å². The Hall–Kier alpha value is -0.0800. The van der Waals surface area contributed by atoms with Crippen molar-refractivity contribution in [3.8, 4) is 0 Å². The monoisotopic (exact) mass is 107 g/mol. The molecule has 0 spiro atoms. The van der Waals surface area contributed by atoms with Crippen LogP contribution in [-0.2, 0) is 11.8 Å². The normalized spacial score (nSPS) is 10.4. The summed E-state index contributed by atoms with van der Waals surface area (Å²) in [6.45, 7) is 0. The maximum absolute atomic E-state index is 4.51. The van der Waals surface area contributed by atoms with Gasteiger partial charge in [0.25, 0.3) is 0 Å². The topological polar surface area (TPSA) is 36.5 Å². The van der Waals surface area contributed by atoms with Gasteiger partial charge in [-0.25, -0.2) is 10.4 Å². The van der Waals surface area contributed by atoms with E-state index >= 15 is 0 Å². The van der Waals surface area contributed by atoms with Crippen molar-refractivity contribution in [3.05, 3.63) is 0 Å². The Morgan fingerprint density at radius 1 is 1.60 bits per heavy atom. The molecule has 1 rings (SSSR count). The fourth-order valence-corrected chi connectivity index (χ4v) is 0.435. The maximum atomic E-state index is 4.51. The summed E-state index contributed by atoms with van der Waals surface area (Å²) < 4.78 is 1.66. The van der Waals surface area contributed by atoms with Gasteiger partial charge in [-0.05, 0) is 11.8 Å². The first-order valence-corrected chi connectivity index (χ1v) is 2.94. The van der Waals surface area contributed by atoms with Crippen LogP contribution in [0.15, 0.2) is 0 Å². The fourth-order valence-electron chi connectivity index (χ4n) is 0.0632. The SMILES string of the molecule is S=Pn1[nH][nH]1. The lowest BCUT2D eigenvalue weighted by atomic mass is 13.2. The number of hydrogen-bond donors (Lipinski definition) is 2. The minimum atomic E-state index is 0.802. The molecule has 2 N–H and O–H groups in total. The van der Waals surface area contributed by atoms with E-state index in [2.05, 4.69) is 22.2 Å². The smallest absolute Gasteiger partial charge is 0.139 e. The predicted octanol–water partition coefficient (Wildman–Crippen LogP) is 0.315. The molecule has 0 saturated carbocycles. The summed E-state index contributed by atoms with van der Waals surface area (Å²) in [5.41, 5.74) is 0. The zero-order valence-electron chi connectivity index (χ0n) is 2.30. The van der Waals surface area contributed by atoms with Gasteiger partial charge >= 0.3 is 0 Å². The number of nitrogens with one attached hydrogen (secondary N) is 2. The molecule has 3 nitrogen and oxygen atoms in total. The summed E-state index contributed by atoms with van der Waals surface area (Å²) >= 11 is 4.51. The predicted molar refractivity (Wildman–Crippen MR) is 22.8 cm³/mol. The van der Waals surface area contributed by atoms with Gasteiger partial charge in [0.05, 0.1) is 0 Å². The Kier molecular flexibility index (Phi) is 0.596. The fraction of sp³-hybridized carbons (Fsp3) is 0. The zero-order valence-corrected chi connectivity index (χ0v) is 4.01. The Morgan fingerprint density at radius 2 is 2.20 bits per heavy atom. The second-order valence-electron chi connectivity index (χ2n) is 0.617. The van der Waals surface area contributed by atoms with Gasteiger partial charge in [-0.15, -0.1) is 4.57 Å². The van der Waals surface area contributed by atoms with E-state index in [0.29, 0.717) is 0 Å². The van der Waals surface area contributed by atoms with E-state index in [1.165, 1.54) is 0 Å². The number of rotatable bonds is 1. The van der Waals surface area contributed by atoms with Crippen LogP contribution in [0.1, 0.15) is 0 Å². The number of aromatic nitrogens is 3. The molecular weight excluding hydrogens is 105 g/mol. The number of hydrogen-bond acceptors (Lipinski definition) is 1. The number of H-pyrrole nitrogens is 2. The van der Waals surface area contributed by atoms with Gasteiger partial charge in [0.2, 0.25) is 0 Å². The van der Waals surface area contributed by atoms with Crippen molar-refractivity contribution in [2.75, 3.05) is 0 Å². The quantitative estimate of drug-likeness (QED) is 0.498. The zero-order chi connectivity index (χ0) is 3.70. The molecule has 5 heavy (non-hydrogen) atoms. The summed E-state index contributed by atoms with van der Waals surface area (Å²) in [6.07, 6.45) is 0. The van der Waals surface area contributed by atoms with Crippen LogP contribution in [0.5, 0.6) is 0 Å². The van der Waals surface area contributed by atoms with Crippen molar-refractivity contribution in [1.82, 2.24) is 15.0 Å². The van der Waals surface area contributed by atoms with Gasteiger partial charge < -0.3 is 0 Å². The first-order chi connectivity index (χ1) is 2.43. The Bertz CT molecular complexity index is 93.8. The molecule has 5 heteroatoms. The average molecular weight is 107 g/mol. The molecule has 1 aromatic rings. The molecule has 0 radical (unpaired) electrons. The largest absolute Gasteiger partial charge is 0.201 e. The van der Waals surface area contributed by atoms with E-state index in [9.17, 15) is 0 Å². The minimum Gasteiger partial charge on any atom is -0.201 e. The van der Waals surface area contributed by atoms with Crippen LogP contribution in [0.3, 0.4) is 0 Å². The van der Waals surface area contributed by atoms with Crippen molar-refractivity contribution >= 4 is 19.3 Å². The summed E-state index contributed by atoms with van der Waals surface area (Å²) in [5.74, 6) is 0. The molecule has 0 saturated heterocycles. The molecule has 28 valence electrons. The third kappa shape index (κ3) is 0.597. The van der Waals surface area contributed by atoms with Crippen LogP contribution in [0.25, 0.3) is 0 Å². The molecule has 1 aromatic heterocycles. The summed E-state index contributed by atoms with van der Waals surface area (Å²) in [5, 5.41) is 5.30. The maximum Gasteiger partial charge on any atom is 0.139 e. The van der Waals surface area contributed by atoms with E-state index in [1.54, 1.807) is 4.57 Å². The highest BCUT2D eigenvalue weighted by Crippen LogP contribution is 1.90. The first-order valence-electron chi connectivity index (χ1n) is 1.08. The average Bonchev–Trinajstić information content (AvgIpc) is 2.12. The highest BCUT2D eigenvalue weighted by atomic mass is 32.4. The summed E-state index contributed by atoms with van der Waals surface area (Å²) in [4.78, 5) is 0. The third-order valence-corrected chi connectivity index (χ3v) is 1.15. The van der Waals surface area contributed by atoms with Gasteiger partial charge in [0, 0.05) is 0 Å². The van der Waals surface area contributed by atoms with Crippen LogP contribution in [-0.4, -0.2) is 15.0 Å². The third-order valence-electron chi connectivity index (χ3n) is 0.293. The van der Waals surface area contributed by atoms with E-state index in [4.69, 9.17) is 0 Å². The lowest BCUT2D eigenvalue weighted by Crippen LogP contribution is -1.49. The van der Waals surface area contributed by atoms with Crippen molar-refractivity contribution in [3.63, 3.8) is 0 Å². The molecule has 0 aliphatic carbocycles. The van der Waals surface area contributed by atoms with Gasteiger partial charge in [0.15, 0.2) is 0 Å². The lowest BCUT2D eigenvalue weighted by molar-refractivity contribution is 1.26. The van der Waals surface area contributed by atoms with E-state index in [-0.39, 0.29) is 0 Å². The van der Waals surface area contributed by atoms with Crippen molar-refractivity contribution in [1.29, 1.82) is 0 Å². The number of aromatic amines is 2. The Morgan fingerprint density at radius 3 is 2.20 bits per heavy atom. The van der Waals surface area contributed by atoms with Crippen molar-refractivity contribution < 1.29 is 0 Å². The second-order valence-corrected chi connectivity index (χ2v) is 1.67. The molecular formula is H2N3PS. The molecule has 0 atom stereocenters. The summed E-state index contributed by atoms with van der Waals surface area (Å²) in [6, 6.07) is 0. The molecule has 1 heterocycles. The van der Waals surface area contributed by atoms with Crippen LogP contribution < -0.4 is 0 Å². The van der Waals surface area contributed by atoms with Gasteiger partial charge in [-0.3, -0.25) is 0 Å². The molecule has 0 aromatic carbocycles. The standard InChI is InChI=1S/H2N3PS/c5-4-3-1-2-3/h1-2H. The van der Waals surface area contributed by atoms with Crippen molar-refractivity contribution in [2.45, 2.75) is 0 Å². The van der Waals surface area contributed by atoms with Crippen LogP contribution in [0.2, 0.25) is 0 Å². The van der Waals surface area contributed by atoms with Gasteiger partial charge in [0.1, 0.15) is 7.51 Å². The molecule has 0 fully saturated rings. The minimum absolute atomic E-state index is 0.802. The summed E-state index contributed by atoms with van der Waals surface area (Å²) in [7, 11) is 0.802. The Labute approximate surface area is 35.2 Å². The number of nitrogens with zero attached hydrogens (tertiary/aromatic N) is 1. The van der Waals surface area contributed by atoms with E-state index in [1.807, 2.05) is 0 Å². The van der Waals surface area contributed by atoms with Gasteiger partial charge in [-0.2, -0.15) is 0 Å². The molecule has 0 aliphatic rings. The van der Waals surface area contributed by atoms with E-state index in [0.717, 1.165) is 7.51 Å². The molecule has 0 aliphatic heterocycles. The highest BCUT2D eigenvalue weighted by Gasteiger charge is 1.77. The van der Waals surface area contributed by atoms with Crippen LogP contribution in [0, 0.1) is 0 Å². The van der Waals surface area contributed by atoms with Crippen LogP contribution in [0.4, 0.5) is 0 Å².